The Morgan fingerprint density at radius 3 is 2.44 bits per heavy atom. The lowest BCUT2D eigenvalue weighted by atomic mass is 10.1. The number of nitrogens with zero attached hydrogens (tertiary/aromatic N) is 4. The zero-order valence-electron chi connectivity index (χ0n) is 19.1. The second-order valence-corrected chi connectivity index (χ2v) is 8.26. The van der Waals surface area contributed by atoms with Crippen molar-refractivity contribution in [1.29, 1.82) is 0 Å². The quantitative estimate of drug-likeness (QED) is 0.576. The molecule has 0 N–H and O–H groups in total. The molecular formula is C25H26N4O5. The minimum Gasteiger partial charge on any atom is -0.497 e. The van der Waals surface area contributed by atoms with E-state index >= 15 is 0 Å². The third-order valence-electron chi connectivity index (χ3n) is 6.25. The summed E-state index contributed by atoms with van der Waals surface area (Å²) in [4.78, 5) is 29.8. The largest absolute Gasteiger partial charge is 0.497 e. The molecule has 2 aliphatic heterocycles. The zero-order valence-corrected chi connectivity index (χ0v) is 19.1. The minimum absolute atomic E-state index is 0.119. The minimum atomic E-state index is -0.714. The van der Waals surface area contributed by atoms with Gasteiger partial charge in [0.05, 0.1) is 12.8 Å². The van der Waals surface area contributed by atoms with E-state index in [1.807, 2.05) is 42.5 Å². The van der Waals surface area contributed by atoms with Crippen molar-refractivity contribution >= 4 is 11.6 Å². The van der Waals surface area contributed by atoms with E-state index in [-0.39, 0.29) is 18.3 Å². The third-order valence-corrected chi connectivity index (χ3v) is 6.25. The van der Waals surface area contributed by atoms with Crippen molar-refractivity contribution in [1.82, 2.24) is 14.7 Å². The van der Waals surface area contributed by atoms with Gasteiger partial charge in [-0.3, -0.25) is 9.59 Å². The van der Waals surface area contributed by atoms with E-state index in [0.29, 0.717) is 43.4 Å². The molecule has 9 heteroatoms. The predicted molar refractivity (Wildman–Crippen MR) is 127 cm³/mol. The summed E-state index contributed by atoms with van der Waals surface area (Å²) >= 11 is 0. The molecule has 0 spiro atoms. The number of amides is 1. The Balaban J connectivity index is 1.29. The van der Waals surface area contributed by atoms with Gasteiger partial charge in [0.2, 0.25) is 12.7 Å². The van der Waals surface area contributed by atoms with Gasteiger partial charge >= 0.3 is 0 Å². The van der Waals surface area contributed by atoms with Crippen LogP contribution in [-0.4, -0.2) is 60.7 Å². The molecule has 1 atom stereocenters. The van der Waals surface area contributed by atoms with Gasteiger partial charge in [-0.25, -0.2) is 4.68 Å². The average Bonchev–Trinajstić information content (AvgIpc) is 3.36. The molecule has 34 heavy (non-hydrogen) atoms. The normalized spacial score (nSPS) is 15.8. The highest BCUT2D eigenvalue weighted by molar-refractivity contribution is 5.80. The van der Waals surface area contributed by atoms with Crippen LogP contribution in [0.15, 0.2) is 59.4 Å². The Labute approximate surface area is 197 Å². The summed E-state index contributed by atoms with van der Waals surface area (Å²) in [7, 11) is 1.64. The fourth-order valence-electron chi connectivity index (χ4n) is 4.26. The first-order valence-electron chi connectivity index (χ1n) is 11.2. The molecule has 2 aliphatic rings. The van der Waals surface area contributed by atoms with E-state index in [0.717, 1.165) is 17.0 Å². The molecule has 0 radical (unpaired) electrons. The molecule has 3 heterocycles. The molecule has 9 nitrogen and oxygen atoms in total. The van der Waals surface area contributed by atoms with E-state index in [2.05, 4.69) is 10.00 Å². The van der Waals surface area contributed by atoms with Crippen molar-refractivity contribution in [2.45, 2.75) is 13.0 Å². The zero-order chi connectivity index (χ0) is 23.7. The summed E-state index contributed by atoms with van der Waals surface area (Å²) in [5.41, 5.74) is 2.14. The summed E-state index contributed by atoms with van der Waals surface area (Å²) in [6.07, 6.45) is 0. The molecule has 176 valence electrons. The van der Waals surface area contributed by atoms with Crippen molar-refractivity contribution < 1.29 is 19.0 Å². The van der Waals surface area contributed by atoms with Crippen molar-refractivity contribution in [2.24, 2.45) is 0 Å². The second kappa shape index (κ2) is 9.09. The van der Waals surface area contributed by atoms with Crippen LogP contribution in [0.4, 0.5) is 5.69 Å². The molecular weight excluding hydrogens is 436 g/mol. The van der Waals surface area contributed by atoms with Gasteiger partial charge in [-0.15, -0.1) is 0 Å². The van der Waals surface area contributed by atoms with Crippen LogP contribution in [0.1, 0.15) is 13.0 Å². The predicted octanol–water partition coefficient (Wildman–Crippen LogP) is 2.56. The van der Waals surface area contributed by atoms with E-state index in [9.17, 15) is 9.59 Å². The van der Waals surface area contributed by atoms with Crippen molar-refractivity contribution in [2.75, 3.05) is 45.0 Å². The number of anilines is 1. The van der Waals surface area contributed by atoms with Crippen molar-refractivity contribution in [3.8, 4) is 28.5 Å². The first kappa shape index (κ1) is 21.8. The number of ether oxygens (including phenoxy) is 3. The molecule has 0 bridgehead atoms. The van der Waals surface area contributed by atoms with Crippen LogP contribution in [0, 0.1) is 0 Å². The van der Waals surface area contributed by atoms with E-state index in [1.165, 1.54) is 10.7 Å². The maximum Gasteiger partial charge on any atom is 0.267 e. The molecule has 1 unspecified atom stereocenters. The number of carbonyl (C=O) groups is 1. The molecule has 1 aromatic heterocycles. The van der Waals surface area contributed by atoms with Crippen molar-refractivity contribution in [3.05, 3.63) is 65.0 Å². The van der Waals surface area contributed by atoms with E-state index in [4.69, 9.17) is 14.2 Å². The van der Waals surface area contributed by atoms with Gasteiger partial charge in [-0.05, 0) is 55.5 Å². The van der Waals surface area contributed by atoms with Crippen LogP contribution in [0.25, 0.3) is 11.3 Å². The Bertz CT molecular complexity index is 1250. The monoisotopic (exact) mass is 462 g/mol. The highest BCUT2D eigenvalue weighted by atomic mass is 16.7. The maximum absolute atomic E-state index is 13.2. The van der Waals surface area contributed by atoms with Gasteiger partial charge in [0, 0.05) is 43.5 Å². The Kier molecular flexibility index (Phi) is 5.83. The molecule has 1 amide bonds. The lowest BCUT2D eigenvalue weighted by Crippen LogP contribution is -2.51. The number of piperazine rings is 1. The number of rotatable bonds is 5. The standard InChI is InChI=1S/C25H26N4O5/c1-17(25(31)28-13-11-27(12-14-28)19-4-6-20(32-2)7-5-19)29-24(30)10-8-21(26-29)18-3-9-22-23(15-18)34-16-33-22/h3-10,15,17H,11-14,16H2,1-2H3. The summed E-state index contributed by atoms with van der Waals surface area (Å²) in [6.45, 7) is 4.48. The number of aromatic nitrogens is 2. The maximum atomic E-state index is 13.2. The summed E-state index contributed by atoms with van der Waals surface area (Å²) < 4.78 is 17.3. The van der Waals surface area contributed by atoms with E-state index in [1.54, 1.807) is 25.0 Å². The number of hydrogen-bond acceptors (Lipinski definition) is 7. The lowest BCUT2D eigenvalue weighted by molar-refractivity contribution is -0.135. The molecule has 1 fully saturated rings. The summed E-state index contributed by atoms with van der Waals surface area (Å²) in [6, 6.07) is 15.8. The smallest absolute Gasteiger partial charge is 0.267 e. The van der Waals surface area contributed by atoms with Gasteiger partial charge in [0.25, 0.3) is 5.56 Å². The highest BCUT2D eigenvalue weighted by Crippen LogP contribution is 2.35. The van der Waals surface area contributed by atoms with Crippen LogP contribution in [0.5, 0.6) is 17.2 Å². The Hall–Kier alpha value is -4.01. The first-order valence-corrected chi connectivity index (χ1v) is 11.2. The fourth-order valence-corrected chi connectivity index (χ4v) is 4.26. The number of hydrogen-bond donors (Lipinski definition) is 0. The van der Waals surface area contributed by atoms with Crippen LogP contribution < -0.4 is 24.7 Å². The molecule has 5 rings (SSSR count). The second-order valence-electron chi connectivity index (χ2n) is 8.26. The molecule has 1 saturated heterocycles. The molecule has 0 aliphatic carbocycles. The summed E-state index contributed by atoms with van der Waals surface area (Å²) in [5.74, 6) is 2.00. The highest BCUT2D eigenvalue weighted by Gasteiger charge is 2.27. The van der Waals surface area contributed by atoms with Crippen LogP contribution >= 0.6 is 0 Å². The molecule has 3 aromatic rings. The van der Waals surface area contributed by atoms with Gasteiger partial charge in [-0.1, -0.05) is 0 Å². The number of carbonyl (C=O) groups excluding carboxylic acids is 1. The molecule has 0 saturated carbocycles. The van der Waals surface area contributed by atoms with Crippen LogP contribution in [0.2, 0.25) is 0 Å². The summed E-state index contributed by atoms with van der Waals surface area (Å²) in [5, 5.41) is 4.50. The number of methoxy groups -OCH3 is 1. The van der Waals surface area contributed by atoms with Crippen molar-refractivity contribution in [3.63, 3.8) is 0 Å². The van der Waals surface area contributed by atoms with Gasteiger partial charge in [-0.2, -0.15) is 5.10 Å². The van der Waals surface area contributed by atoms with Crippen LogP contribution in [0.3, 0.4) is 0 Å². The third kappa shape index (κ3) is 4.16. The number of benzene rings is 2. The Morgan fingerprint density at radius 2 is 1.71 bits per heavy atom. The molecule has 2 aromatic carbocycles. The van der Waals surface area contributed by atoms with Gasteiger partial charge in [0.15, 0.2) is 11.5 Å². The topological polar surface area (TPSA) is 86.1 Å². The van der Waals surface area contributed by atoms with Gasteiger partial charge in [0.1, 0.15) is 11.8 Å². The van der Waals surface area contributed by atoms with Gasteiger partial charge < -0.3 is 24.0 Å². The van der Waals surface area contributed by atoms with E-state index < -0.39 is 6.04 Å². The SMILES string of the molecule is COc1ccc(N2CCN(C(=O)C(C)n3nc(-c4ccc5c(c4)OCO5)ccc3=O)CC2)cc1. The fraction of sp³-hybridized carbons (Fsp3) is 0.320. The first-order chi connectivity index (χ1) is 16.5. The average molecular weight is 463 g/mol. The van der Waals surface area contributed by atoms with Crippen LogP contribution in [-0.2, 0) is 4.79 Å². The lowest BCUT2D eigenvalue weighted by Gasteiger charge is -2.37. The Morgan fingerprint density at radius 1 is 0.971 bits per heavy atom. The number of fused-ring (bicyclic) bond motifs is 1.